The molecule has 0 radical (unpaired) electrons. The van der Waals surface area contributed by atoms with E-state index in [4.69, 9.17) is 5.26 Å². The molecule has 0 saturated heterocycles. The zero-order chi connectivity index (χ0) is 8.72. The van der Waals surface area contributed by atoms with E-state index in [0.29, 0.717) is 5.92 Å². The molecule has 2 aliphatic carbocycles. The highest BCUT2D eigenvalue weighted by atomic mass is 14.4. The first kappa shape index (κ1) is 7.61. The molecule has 0 N–H and O–H groups in total. The normalized spacial score (nSPS) is 33.2. The first-order valence-corrected chi connectivity index (χ1v) is 4.53. The van der Waals surface area contributed by atoms with Gasteiger partial charge in [-0.1, -0.05) is 12.5 Å². The third-order valence-electron chi connectivity index (χ3n) is 3.07. The molecule has 12 heavy (non-hydrogen) atoms. The summed E-state index contributed by atoms with van der Waals surface area (Å²) < 4.78 is 0. The first-order valence-electron chi connectivity index (χ1n) is 4.53. The van der Waals surface area contributed by atoms with Gasteiger partial charge < -0.3 is 0 Å². The second kappa shape index (κ2) is 2.48. The second-order valence-corrected chi connectivity index (χ2v) is 4.03. The standard InChI is InChI=1S/C11H13N/c1-7-3-9-5-10(6-12)8(2)11(9)4-7/h5,7,11H,3-4H2,1-2H3. The molecule has 0 amide bonds. The SMILES string of the molecule is CC1=C(C#N)C=C2CC(C)CC21. The maximum atomic E-state index is 8.81. The number of rotatable bonds is 0. The molecule has 0 aromatic heterocycles. The van der Waals surface area contributed by atoms with Crippen LogP contribution in [0.15, 0.2) is 22.8 Å². The number of hydrogen-bond acceptors (Lipinski definition) is 1. The Balaban J connectivity index is 2.32. The molecule has 0 aromatic rings. The monoisotopic (exact) mass is 159 g/mol. The summed E-state index contributed by atoms with van der Waals surface area (Å²) in [5, 5.41) is 8.81. The van der Waals surface area contributed by atoms with Crippen LogP contribution in [0.3, 0.4) is 0 Å². The number of nitrogens with zero attached hydrogens (tertiary/aromatic N) is 1. The van der Waals surface area contributed by atoms with Gasteiger partial charge in [-0.15, -0.1) is 0 Å². The fourth-order valence-corrected chi connectivity index (χ4v) is 2.40. The van der Waals surface area contributed by atoms with E-state index in [1.807, 2.05) is 0 Å². The molecule has 0 bridgehead atoms. The fourth-order valence-electron chi connectivity index (χ4n) is 2.40. The van der Waals surface area contributed by atoms with Crippen LogP contribution in [-0.4, -0.2) is 0 Å². The molecule has 2 atom stereocenters. The highest BCUT2D eigenvalue weighted by Gasteiger charge is 2.32. The molecule has 0 spiro atoms. The van der Waals surface area contributed by atoms with Gasteiger partial charge in [0, 0.05) is 5.92 Å². The lowest BCUT2D eigenvalue weighted by atomic mass is 9.98. The summed E-state index contributed by atoms with van der Waals surface area (Å²) in [6.45, 7) is 4.39. The molecule has 0 aliphatic heterocycles. The van der Waals surface area contributed by atoms with Crippen molar-refractivity contribution in [2.24, 2.45) is 11.8 Å². The molecule has 0 heterocycles. The quantitative estimate of drug-likeness (QED) is 0.533. The summed E-state index contributed by atoms with van der Waals surface area (Å²) in [6.07, 6.45) is 4.56. The summed E-state index contributed by atoms with van der Waals surface area (Å²) in [6, 6.07) is 2.26. The van der Waals surface area contributed by atoms with Crippen LogP contribution in [0.5, 0.6) is 0 Å². The minimum Gasteiger partial charge on any atom is -0.192 e. The van der Waals surface area contributed by atoms with Gasteiger partial charge >= 0.3 is 0 Å². The van der Waals surface area contributed by atoms with Crippen molar-refractivity contribution in [1.82, 2.24) is 0 Å². The molecule has 1 fully saturated rings. The Morgan fingerprint density at radius 2 is 2.33 bits per heavy atom. The lowest BCUT2D eigenvalue weighted by Crippen LogP contribution is -1.95. The Morgan fingerprint density at radius 1 is 1.58 bits per heavy atom. The van der Waals surface area contributed by atoms with E-state index in [2.05, 4.69) is 26.0 Å². The molecule has 2 rings (SSSR count). The van der Waals surface area contributed by atoms with Crippen LogP contribution in [0.25, 0.3) is 0 Å². The number of nitriles is 1. The zero-order valence-corrected chi connectivity index (χ0v) is 7.59. The Hall–Kier alpha value is -1.03. The van der Waals surface area contributed by atoms with Gasteiger partial charge in [0.1, 0.15) is 0 Å². The summed E-state index contributed by atoms with van der Waals surface area (Å²) >= 11 is 0. The highest BCUT2D eigenvalue weighted by molar-refractivity contribution is 5.50. The molecule has 62 valence electrons. The van der Waals surface area contributed by atoms with Gasteiger partial charge in [-0.3, -0.25) is 0 Å². The van der Waals surface area contributed by atoms with Crippen LogP contribution in [0.4, 0.5) is 0 Å². The van der Waals surface area contributed by atoms with Crippen molar-refractivity contribution in [3.05, 3.63) is 22.8 Å². The van der Waals surface area contributed by atoms with E-state index in [1.165, 1.54) is 24.0 Å². The van der Waals surface area contributed by atoms with Crippen LogP contribution in [-0.2, 0) is 0 Å². The van der Waals surface area contributed by atoms with Crippen LogP contribution < -0.4 is 0 Å². The predicted molar refractivity (Wildman–Crippen MR) is 48.3 cm³/mol. The van der Waals surface area contributed by atoms with Crippen LogP contribution >= 0.6 is 0 Å². The van der Waals surface area contributed by atoms with Crippen molar-refractivity contribution in [3.8, 4) is 6.07 Å². The van der Waals surface area contributed by atoms with Crippen LogP contribution in [0, 0.1) is 23.2 Å². The van der Waals surface area contributed by atoms with E-state index < -0.39 is 0 Å². The molecule has 2 aliphatic rings. The molecular formula is C11H13N. The Morgan fingerprint density at radius 3 is 2.92 bits per heavy atom. The molecular weight excluding hydrogens is 146 g/mol. The van der Waals surface area contributed by atoms with Crippen LogP contribution in [0.1, 0.15) is 26.7 Å². The first-order chi connectivity index (χ1) is 5.72. The van der Waals surface area contributed by atoms with Crippen molar-refractivity contribution < 1.29 is 0 Å². The van der Waals surface area contributed by atoms with Gasteiger partial charge in [-0.2, -0.15) is 5.26 Å². The van der Waals surface area contributed by atoms with E-state index in [-0.39, 0.29) is 0 Å². The van der Waals surface area contributed by atoms with Gasteiger partial charge in [-0.25, -0.2) is 0 Å². The summed E-state index contributed by atoms with van der Waals surface area (Å²) in [4.78, 5) is 0. The van der Waals surface area contributed by atoms with E-state index >= 15 is 0 Å². The largest absolute Gasteiger partial charge is 0.192 e. The van der Waals surface area contributed by atoms with E-state index in [1.54, 1.807) is 0 Å². The summed E-state index contributed by atoms with van der Waals surface area (Å²) in [5.41, 5.74) is 3.72. The van der Waals surface area contributed by atoms with Crippen molar-refractivity contribution in [3.63, 3.8) is 0 Å². The van der Waals surface area contributed by atoms with Crippen LogP contribution in [0.2, 0.25) is 0 Å². The lowest BCUT2D eigenvalue weighted by molar-refractivity contribution is 0.574. The lowest BCUT2D eigenvalue weighted by Gasteiger charge is -2.06. The third kappa shape index (κ3) is 0.914. The minimum absolute atomic E-state index is 0.620. The molecule has 1 saturated carbocycles. The summed E-state index contributed by atoms with van der Waals surface area (Å²) in [7, 11) is 0. The maximum absolute atomic E-state index is 8.81. The number of hydrogen-bond donors (Lipinski definition) is 0. The van der Waals surface area contributed by atoms with Crippen molar-refractivity contribution in [2.45, 2.75) is 26.7 Å². The van der Waals surface area contributed by atoms with E-state index in [9.17, 15) is 0 Å². The van der Waals surface area contributed by atoms with Gasteiger partial charge in [0.15, 0.2) is 0 Å². The van der Waals surface area contributed by atoms with Gasteiger partial charge in [0.05, 0.1) is 11.6 Å². The molecule has 1 heteroatoms. The van der Waals surface area contributed by atoms with Crippen molar-refractivity contribution in [1.29, 1.82) is 5.26 Å². The Kier molecular flexibility index (Phi) is 1.58. The van der Waals surface area contributed by atoms with Gasteiger partial charge in [0.25, 0.3) is 0 Å². The Labute approximate surface area is 73.4 Å². The van der Waals surface area contributed by atoms with E-state index in [0.717, 1.165) is 11.5 Å². The Bertz CT molecular complexity index is 314. The highest BCUT2D eigenvalue weighted by Crippen LogP contribution is 2.45. The smallest absolute Gasteiger partial charge is 0.0991 e. The maximum Gasteiger partial charge on any atom is 0.0991 e. The zero-order valence-electron chi connectivity index (χ0n) is 7.59. The second-order valence-electron chi connectivity index (χ2n) is 4.03. The number of fused-ring (bicyclic) bond motifs is 1. The topological polar surface area (TPSA) is 23.8 Å². The van der Waals surface area contributed by atoms with Gasteiger partial charge in [0.2, 0.25) is 0 Å². The average Bonchev–Trinajstić information content (AvgIpc) is 2.51. The fraction of sp³-hybridized carbons (Fsp3) is 0.545. The summed E-state index contributed by atoms with van der Waals surface area (Å²) in [5.74, 6) is 1.44. The predicted octanol–water partition coefficient (Wildman–Crippen LogP) is 2.81. The molecule has 1 nitrogen and oxygen atoms in total. The van der Waals surface area contributed by atoms with Gasteiger partial charge in [-0.05, 0) is 37.3 Å². The molecule has 2 unspecified atom stereocenters. The van der Waals surface area contributed by atoms with Crippen molar-refractivity contribution in [2.75, 3.05) is 0 Å². The minimum atomic E-state index is 0.620. The average molecular weight is 159 g/mol. The third-order valence-corrected chi connectivity index (χ3v) is 3.07. The number of allylic oxidation sites excluding steroid dienone is 4. The molecule has 0 aromatic carbocycles. The van der Waals surface area contributed by atoms with Crippen molar-refractivity contribution >= 4 is 0 Å².